The number of aryl methyl sites for hydroxylation is 1. The second kappa shape index (κ2) is 4.25. The fourth-order valence-corrected chi connectivity index (χ4v) is 3.24. The van der Waals surface area contributed by atoms with Crippen molar-refractivity contribution in [1.82, 2.24) is 0 Å². The first-order valence-electron chi connectivity index (χ1n) is 7.02. The van der Waals surface area contributed by atoms with E-state index in [1.54, 1.807) is 0 Å². The van der Waals surface area contributed by atoms with Crippen LogP contribution in [0, 0.1) is 0 Å². The second-order valence-electron chi connectivity index (χ2n) is 5.51. The summed E-state index contributed by atoms with van der Waals surface area (Å²) in [7, 11) is 0. The number of benzene rings is 1. The SMILES string of the molecule is c1cc2c3c(c1)C(OC[C@@H]1CO1)CCN3CCC2. The minimum atomic E-state index is 0.276. The maximum atomic E-state index is 6.05. The van der Waals surface area contributed by atoms with Gasteiger partial charge in [0.2, 0.25) is 0 Å². The lowest BCUT2D eigenvalue weighted by molar-refractivity contribution is 0.0348. The Morgan fingerprint density at radius 1 is 1.33 bits per heavy atom. The van der Waals surface area contributed by atoms with E-state index in [0.717, 1.165) is 26.2 Å². The van der Waals surface area contributed by atoms with Crippen LogP contribution in [0.1, 0.15) is 30.1 Å². The molecule has 1 aromatic carbocycles. The van der Waals surface area contributed by atoms with E-state index in [4.69, 9.17) is 9.47 Å². The lowest BCUT2D eigenvalue weighted by Crippen LogP contribution is -2.36. The van der Waals surface area contributed by atoms with Gasteiger partial charge in [-0.3, -0.25) is 0 Å². The second-order valence-corrected chi connectivity index (χ2v) is 5.51. The van der Waals surface area contributed by atoms with Crippen LogP contribution in [0.3, 0.4) is 0 Å². The van der Waals surface area contributed by atoms with Crippen LogP contribution in [0.15, 0.2) is 18.2 Å². The van der Waals surface area contributed by atoms with E-state index in [1.807, 2.05) is 0 Å². The summed E-state index contributed by atoms with van der Waals surface area (Å²) in [5.74, 6) is 0. The predicted molar refractivity (Wildman–Crippen MR) is 70.0 cm³/mol. The summed E-state index contributed by atoms with van der Waals surface area (Å²) in [5, 5.41) is 0. The van der Waals surface area contributed by atoms with Gasteiger partial charge < -0.3 is 14.4 Å². The Bertz CT molecular complexity index is 456. The van der Waals surface area contributed by atoms with Crippen molar-refractivity contribution < 1.29 is 9.47 Å². The molecule has 3 heteroatoms. The molecule has 3 nitrogen and oxygen atoms in total. The molecule has 3 aliphatic heterocycles. The van der Waals surface area contributed by atoms with Crippen molar-refractivity contribution in [2.24, 2.45) is 0 Å². The molecule has 3 aliphatic rings. The third-order valence-corrected chi connectivity index (χ3v) is 4.23. The molecule has 0 amide bonds. The van der Waals surface area contributed by atoms with Gasteiger partial charge in [0.05, 0.1) is 19.3 Å². The van der Waals surface area contributed by atoms with E-state index in [-0.39, 0.29) is 6.10 Å². The molecule has 96 valence electrons. The maximum Gasteiger partial charge on any atom is 0.104 e. The summed E-state index contributed by atoms with van der Waals surface area (Å²) >= 11 is 0. The van der Waals surface area contributed by atoms with Crippen molar-refractivity contribution >= 4 is 5.69 Å². The van der Waals surface area contributed by atoms with Gasteiger partial charge in [0, 0.05) is 24.3 Å². The molecule has 0 spiro atoms. The monoisotopic (exact) mass is 245 g/mol. The van der Waals surface area contributed by atoms with Crippen LogP contribution in [0.5, 0.6) is 0 Å². The first-order valence-corrected chi connectivity index (χ1v) is 7.02. The Balaban J connectivity index is 1.63. The Morgan fingerprint density at radius 2 is 2.28 bits per heavy atom. The molecule has 3 heterocycles. The van der Waals surface area contributed by atoms with Gasteiger partial charge in [-0.15, -0.1) is 0 Å². The van der Waals surface area contributed by atoms with Gasteiger partial charge in [-0.05, 0) is 24.8 Å². The van der Waals surface area contributed by atoms with Gasteiger partial charge in [-0.2, -0.15) is 0 Å². The van der Waals surface area contributed by atoms with Gasteiger partial charge in [-0.1, -0.05) is 18.2 Å². The molecule has 0 N–H and O–H groups in total. The van der Waals surface area contributed by atoms with Crippen LogP contribution in [-0.4, -0.2) is 32.4 Å². The molecule has 0 aromatic heterocycles. The molecule has 1 aromatic rings. The Labute approximate surface area is 108 Å². The fourth-order valence-electron chi connectivity index (χ4n) is 3.24. The lowest BCUT2D eigenvalue weighted by atomic mass is 9.90. The Hall–Kier alpha value is -1.06. The molecule has 1 fully saturated rings. The van der Waals surface area contributed by atoms with Crippen molar-refractivity contribution in [2.75, 3.05) is 31.2 Å². The molecule has 0 aliphatic carbocycles. The summed E-state index contributed by atoms with van der Waals surface area (Å²) in [6, 6.07) is 6.71. The molecule has 18 heavy (non-hydrogen) atoms. The molecular formula is C15H19NO2. The van der Waals surface area contributed by atoms with Crippen molar-refractivity contribution in [2.45, 2.75) is 31.5 Å². The van der Waals surface area contributed by atoms with Gasteiger partial charge in [-0.25, -0.2) is 0 Å². The largest absolute Gasteiger partial charge is 0.371 e. The summed E-state index contributed by atoms with van der Waals surface area (Å²) in [6.07, 6.45) is 4.26. The molecule has 0 saturated carbocycles. The van der Waals surface area contributed by atoms with Gasteiger partial charge >= 0.3 is 0 Å². The summed E-state index contributed by atoms with van der Waals surface area (Å²) in [5.41, 5.74) is 4.38. The number of ether oxygens (including phenoxy) is 2. The first-order chi connectivity index (χ1) is 8.92. The highest BCUT2D eigenvalue weighted by Gasteiger charge is 2.31. The topological polar surface area (TPSA) is 25.0 Å². The fraction of sp³-hybridized carbons (Fsp3) is 0.600. The molecular weight excluding hydrogens is 226 g/mol. The highest BCUT2D eigenvalue weighted by Crippen LogP contribution is 2.41. The van der Waals surface area contributed by atoms with E-state index >= 15 is 0 Å². The third-order valence-electron chi connectivity index (χ3n) is 4.23. The van der Waals surface area contributed by atoms with Crippen LogP contribution >= 0.6 is 0 Å². The van der Waals surface area contributed by atoms with Crippen LogP contribution in [-0.2, 0) is 15.9 Å². The summed E-state index contributed by atoms with van der Waals surface area (Å²) in [6.45, 7) is 3.99. The van der Waals surface area contributed by atoms with E-state index in [0.29, 0.717) is 6.10 Å². The first kappa shape index (κ1) is 10.8. The van der Waals surface area contributed by atoms with Gasteiger partial charge in [0.1, 0.15) is 6.10 Å². The van der Waals surface area contributed by atoms with E-state index < -0.39 is 0 Å². The molecule has 1 saturated heterocycles. The number of epoxide rings is 1. The number of hydrogen-bond acceptors (Lipinski definition) is 3. The minimum absolute atomic E-state index is 0.276. The summed E-state index contributed by atoms with van der Waals surface area (Å²) in [4.78, 5) is 2.54. The normalized spacial score (nSPS) is 29.0. The lowest BCUT2D eigenvalue weighted by Gasteiger charge is -2.39. The quantitative estimate of drug-likeness (QED) is 0.764. The Kier molecular flexibility index (Phi) is 2.55. The van der Waals surface area contributed by atoms with Crippen LogP contribution in [0.2, 0.25) is 0 Å². The zero-order valence-corrected chi connectivity index (χ0v) is 10.6. The minimum Gasteiger partial charge on any atom is -0.371 e. The number of hydrogen-bond donors (Lipinski definition) is 0. The Morgan fingerprint density at radius 3 is 3.17 bits per heavy atom. The zero-order valence-electron chi connectivity index (χ0n) is 10.6. The smallest absolute Gasteiger partial charge is 0.104 e. The molecule has 1 unspecified atom stereocenters. The summed E-state index contributed by atoms with van der Waals surface area (Å²) < 4.78 is 11.3. The number of rotatable bonds is 3. The van der Waals surface area contributed by atoms with E-state index in [1.165, 1.54) is 36.2 Å². The third kappa shape index (κ3) is 1.82. The van der Waals surface area contributed by atoms with E-state index in [2.05, 4.69) is 23.1 Å². The van der Waals surface area contributed by atoms with Crippen molar-refractivity contribution in [3.05, 3.63) is 29.3 Å². The van der Waals surface area contributed by atoms with E-state index in [9.17, 15) is 0 Å². The zero-order chi connectivity index (χ0) is 11.9. The van der Waals surface area contributed by atoms with Crippen molar-refractivity contribution in [3.8, 4) is 0 Å². The average molecular weight is 245 g/mol. The highest BCUT2D eigenvalue weighted by atomic mass is 16.6. The van der Waals surface area contributed by atoms with Crippen molar-refractivity contribution in [1.29, 1.82) is 0 Å². The average Bonchev–Trinajstić information content (AvgIpc) is 3.23. The highest BCUT2D eigenvalue weighted by molar-refractivity contribution is 5.63. The molecule has 0 radical (unpaired) electrons. The number of nitrogens with zero attached hydrogens (tertiary/aromatic N) is 1. The van der Waals surface area contributed by atoms with Gasteiger partial charge in [0.15, 0.2) is 0 Å². The molecule has 4 rings (SSSR count). The predicted octanol–water partition coefficient (Wildman–Crippen LogP) is 2.30. The van der Waals surface area contributed by atoms with Gasteiger partial charge in [0.25, 0.3) is 0 Å². The maximum absolute atomic E-state index is 6.05. The number of para-hydroxylation sites is 1. The van der Waals surface area contributed by atoms with Crippen LogP contribution < -0.4 is 4.90 Å². The van der Waals surface area contributed by atoms with Crippen LogP contribution in [0.25, 0.3) is 0 Å². The van der Waals surface area contributed by atoms with Crippen molar-refractivity contribution in [3.63, 3.8) is 0 Å². The number of anilines is 1. The van der Waals surface area contributed by atoms with Crippen LogP contribution in [0.4, 0.5) is 5.69 Å². The standard InChI is InChI=1S/C15H19NO2/c1-3-11-4-2-7-16-8-6-14(13(5-1)15(11)16)18-10-12-9-17-12/h1,3,5,12,14H,2,4,6-10H2/t12-,14?/m0/s1. The molecule has 0 bridgehead atoms. The molecule has 2 atom stereocenters.